The lowest BCUT2D eigenvalue weighted by Gasteiger charge is -2.39. The fourth-order valence-corrected chi connectivity index (χ4v) is 1.23. The minimum Gasteiger partial charge on any atom is -0.502 e. The molecule has 0 aliphatic rings. The third kappa shape index (κ3) is 3.23. The van der Waals surface area contributed by atoms with E-state index in [-0.39, 0.29) is 0 Å². The summed E-state index contributed by atoms with van der Waals surface area (Å²) in [6.07, 6.45) is -9.43. The quantitative estimate of drug-likeness (QED) is 0.312. The van der Waals surface area contributed by atoms with Gasteiger partial charge in [-0.05, 0) is 0 Å². The van der Waals surface area contributed by atoms with Crippen molar-refractivity contribution in [3.05, 3.63) is 12.8 Å². The van der Waals surface area contributed by atoms with Crippen LogP contribution in [-0.4, -0.2) is 42.4 Å². The van der Waals surface area contributed by atoms with Crippen molar-refractivity contribution in [1.82, 2.24) is 0 Å². The second-order valence-corrected chi connectivity index (χ2v) is 4.29. The van der Waals surface area contributed by atoms with E-state index in [0.717, 1.165) is 0 Å². The molecule has 0 rings (SSSR count). The smallest absolute Gasteiger partial charge is 0.460 e. The molecular weight excluding hydrogens is 383 g/mol. The van der Waals surface area contributed by atoms with Crippen LogP contribution in [0.15, 0.2) is 12.8 Å². The molecule has 0 aromatic rings. The fraction of sp³-hybridized carbons (Fsp3) is 0.800. The first kappa shape index (κ1) is 22.6. The highest BCUT2D eigenvalue weighted by molar-refractivity contribution is 5.10. The van der Waals surface area contributed by atoms with E-state index in [1.165, 1.54) is 0 Å². The van der Waals surface area contributed by atoms with Gasteiger partial charge in [0.1, 0.15) is 0 Å². The summed E-state index contributed by atoms with van der Waals surface area (Å²) in [4.78, 5) is 0. The van der Waals surface area contributed by atoms with Crippen molar-refractivity contribution >= 4 is 0 Å². The first-order valence-electron chi connectivity index (χ1n) is 5.49. The molecular formula is C10H7F13O. The van der Waals surface area contributed by atoms with Crippen LogP contribution in [0.3, 0.4) is 0 Å². The molecule has 144 valence electrons. The van der Waals surface area contributed by atoms with E-state index in [0.29, 0.717) is 6.26 Å². The van der Waals surface area contributed by atoms with Gasteiger partial charge in [-0.15, -0.1) is 0 Å². The molecule has 0 aromatic carbocycles. The van der Waals surface area contributed by atoms with Crippen molar-refractivity contribution in [3.63, 3.8) is 0 Å². The highest BCUT2D eigenvalue weighted by Crippen LogP contribution is 2.60. The van der Waals surface area contributed by atoms with Gasteiger partial charge in [0.15, 0.2) is 0 Å². The molecule has 0 bridgehead atoms. The summed E-state index contributed by atoms with van der Waals surface area (Å²) >= 11 is 0. The van der Waals surface area contributed by atoms with Crippen molar-refractivity contribution in [3.8, 4) is 0 Å². The molecule has 0 N–H and O–H groups in total. The Morgan fingerprint density at radius 2 is 1.00 bits per heavy atom. The van der Waals surface area contributed by atoms with E-state index in [9.17, 15) is 57.1 Å². The summed E-state index contributed by atoms with van der Waals surface area (Å²) < 4.78 is 168. The molecule has 24 heavy (non-hydrogen) atoms. The molecule has 0 heterocycles. The van der Waals surface area contributed by atoms with Crippen LogP contribution in [0, 0.1) is 0 Å². The minimum atomic E-state index is -7.87. The SMILES string of the molecule is C=COCCC(F)(F)C(F)(F)C(F)(F)C(F)(F)C(F)(F)C(F)(F)F. The van der Waals surface area contributed by atoms with E-state index in [4.69, 9.17) is 0 Å². The minimum absolute atomic E-state index is 0.374. The average molecular weight is 390 g/mol. The van der Waals surface area contributed by atoms with E-state index >= 15 is 0 Å². The molecule has 0 aromatic heterocycles. The van der Waals surface area contributed by atoms with Gasteiger partial charge in [-0.1, -0.05) is 6.58 Å². The van der Waals surface area contributed by atoms with E-state index < -0.39 is 48.8 Å². The standard InChI is InChI=1S/C10H7F13O/c1-2-24-4-3-5(11,12)6(13,14)7(15,16)8(17,18)9(19,20)10(21,22)23/h2H,1,3-4H2. The lowest BCUT2D eigenvalue weighted by molar-refractivity contribution is -0.440. The van der Waals surface area contributed by atoms with Crippen molar-refractivity contribution < 1.29 is 61.8 Å². The molecule has 0 saturated heterocycles. The summed E-state index contributed by atoms with van der Waals surface area (Å²) in [5.74, 6) is -36.7. The van der Waals surface area contributed by atoms with Gasteiger partial charge in [-0.2, -0.15) is 57.1 Å². The molecule has 0 aliphatic carbocycles. The van der Waals surface area contributed by atoms with Gasteiger partial charge in [0.05, 0.1) is 19.3 Å². The lowest BCUT2D eigenvalue weighted by atomic mass is 9.93. The third-order valence-electron chi connectivity index (χ3n) is 2.65. The number of alkyl halides is 13. The zero-order valence-electron chi connectivity index (χ0n) is 11.0. The Morgan fingerprint density at radius 1 is 0.625 bits per heavy atom. The van der Waals surface area contributed by atoms with Gasteiger partial charge >= 0.3 is 35.8 Å². The maximum Gasteiger partial charge on any atom is 0.460 e. The van der Waals surface area contributed by atoms with Gasteiger partial charge in [0.2, 0.25) is 0 Å². The van der Waals surface area contributed by atoms with Crippen LogP contribution in [0.5, 0.6) is 0 Å². The second kappa shape index (κ2) is 6.17. The summed E-state index contributed by atoms with van der Waals surface area (Å²) in [5, 5.41) is 0. The number of hydrogen-bond acceptors (Lipinski definition) is 1. The first-order valence-corrected chi connectivity index (χ1v) is 5.49. The lowest BCUT2D eigenvalue weighted by Crippen LogP contribution is -2.70. The summed E-state index contributed by atoms with van der Waals surface area (Å²) in [5.41, 5.74) is 0. The Morgan fingerprint density at radius 3 is 1.33 bits per heavy atom. The maximum atomic E-state index is 13.1. The highest BCUT2D eigenvalue weighted by Gasteiger charge is 2.90. The van der Waals surface area contributed by atoms with Crippen molar-refractivity contribution in [2.75, 3.05) is 6.61 Å². The predicted molar refractivity (Wildman–Crippen MR) is 51.6 cm³/mol. The normalized spacial score (nSPS) is 15.4. The van der Waals surface area contributed by atoms with Crippen LogP contribution >= 0.6 is 0 Å². The molecule has 0 saturated carbocycles. The van der Waals surface area contributed by atoms with Gasteiger partial charge < -0.3 is 4.74 Å². The van der Waals surface area contributed by atoms with Crippen molar-refractivity contribution in [2.45, 2.75) is 42.2 Å². The molecule has 14 heteroatoms. The zero-order chi connectivity index (χ0) is 19.8. The van der Waals surface area contributed by atoms with E-state index in [1.807, 2.05) is 0 Å². The molecule has 0 aliphatic heterocycles. The van der Waals surface area contributed by atoms with Gasteiger partial charge in [0, 0.05) is 0 Å². The number of rotatable bonds is 8. The van der Waals surface area contributed by atoms with E-state index in [2.05, 4.69) is 11.3 Å². The van der Waals surface area contributed by atoms with Crippen LogP contribution in [0.1, 0.15) is 6.42 Å². The first-order chi connectivity index (χ1) is 10.3. The predicted octanol–water partition coefficient (Wildman–Crippen LogP) is 5.28. The van der Waals surface area contributed by atoms with Gasteiger partial charge in [-0.25, -0.2) is 0 Å². The molecule has 0 radical (unpaired) electrons. The van der Waals surface area contributed by atoms with Crippen molar-refractivity contribution in [2.24, 2.45) is 0 Å². The fourth-order valence-electron chi connectivity index (χ4n) is 1.23. The highest BCUT2D eigenvalue weighted by atomic mass is 19.4. The Bertz CT molecular complexity index is 450. The third-order valence-corrected chi connectivity index (χ3v) is 2.65. The molecule has 0 spiro atoms. The van der Waals surface area contributed by atoms with Gasteiger partial charge in [-0.3, -0.25) is 0 Å². The number of ether oxygens (including phenoxy) is 1. The van der Waals surface area contributed by atoms with Crippen LogP contribution in [0.25, 0.3) is 0 Å². The molecule has 0 amide bonds. The Labute approximate surface area is 125 Å². The monoisotopic (exact) mass is 390 g/mol. The molecule has 0 unspecified atom stereocenters. The second-order valence-electron chi connectivity index (χ2n) is 4.29. The molecule has 0 atom stereocenters. The van der Waals surface area contributed by atoms with Crippen LogP contribution in [0.4, 0.5) is 57.1 Å². The molecule has 0 fully saturated rings. The van der Waals surface area contributed by atoms with Crippen LogP contribution < -0.4 is 0 Å². The number of hydrogen-bond donors (Lipinski definition) is 0. The maximum absolute atomic E-state index is 13.1. The topological polar surface area (TPSA) is 9.23 Å². The van der Waals surface area contributed by atoms with Crippen molar-refractivity contribution in [1.29, 1.82) is 0 Å². The summed E-state index contributed by atoms with van der Waals surface area (Å²) in [7, 11) is 0. The van der Waals surface area contributed by atoms with Crippen LogP contribution in [0.2, 0.25) is 0 Å². The Hall–Kier alpha value is -1.37. The largest absolute Gasteiger partial charge is 0.502 e. The number of halogens is 13. The summed E-state index contributed by atoms with van der Waals surface area (Å²) in [6, 6.07) is 0. The Balaban J connectivity index is 5.96. The van der Waals surface area contributed by atoms with Crippen LogP contribution in [-0.2, 0) is 4.74 Å². The Kier molecular flexibility index (Phi) is 5.82. The zero-order valence-corrected chi connectivity index (χ0v) is 11.0. The van der Waals surface area contributed by atoms with Gasteiger partial charge in [0.25, 0.3) is 0 Å². The summed E-state index contributed by atoms with van der Waals surface area (Å²) in [6.45, 7) is 1.26. The van der Waals surface area contributed by atoms with E-state index in [1.54, 1.807) is 0 Å². The average Bonchev–Trinajstić information content (AvgIpc) is 2.36. The molecule has 1 nitrogen and oxygen atoms in total.